The van der Waals surface area contributed by atoms with Crippen molar-refractivity contribution in [3.63, 3.8) is 0 Å². The minimum atomic E-state index is -0.653. The number of halogens is 1. The van der Waals surface area contributed by atoms with Crippen LogP contribution in [-0.4, -0.2) is 66.4 Å². The Bertz CT molecular complexity index is 1560. The van der Waals surface area contributed by atoms with Crippen LogP contribution in [0.1, 0.15) is 48.0 Å². The summed E-state index contributed by atoms with van der Waals surface area (Å²) in [4.78, 5) is 36.7. The lowest BCUT2D eigenvalue weighted by atomic mass is 10.1. The summed E-state index contributed by atoms with van der Waals surface area (Å²) in [5.41, 5.74) is 1.21. The molecule has 10 nitrogen and oxygen atoms in total. The van der Waals surface area contributed by atoms with Gasteiger partial charge in [-0.1, -0.05) is 29.8 Å². The third kappa shape index (κ3) is 5.52. The molecule has 11 heteroatoms. The van der Waals surface area contributed by atoms with E-state index in [0.717, 1.165) is 11.8 Å². The Morgan fingerprint density at radius 3 is 2.46 bits per heavy atom. The maximum absolute atomic E-state index is 13.1. The van der Waals surface area contributed by atoms with E-state index in [9.17, 15) is 9.59 Å². The predicted molar refractivity (Wildman–Crippen MR) is 150 cm³/mol. The zero-order valence-corrected chi connectivity index (χ0v) is 23.7. The molecular formula is C28H33ClN6O4. The van der Waals surface area contributed by atoms with E-state index in [-0.39, 0.29) is 12.1 Å². The lowest BCUT2D eigenvalue weighted by molar-refractivity contribution is 0.0293. The third-order valence-corrected chi connectivity index (χ3v) is 6.58. The molecule has 0 unspecified atom stereocenters. The lowest BCUT2D eigenvalue weighted by Gasteiger charge is -2.24. The fourth-order valence-electron chi connectivity index (χ4n) is 4.62. The number of fused-ring (bicyclic) bond motifs is 2. The molecule has 5 rings (SSSR count). The SMILES string of the molecule is CC(C)(C)OC(=O)N1CC[C@H](Nc2nc(-c3cn(C(=O)OC(C)(C)C)c4ccccc34)c(Cl)n3ccnc23)C1. The molecule has 1 fully saturated rings. The second-order valence-electron chi connectivity index (χ2n) is 11.7. The fourth-order valence-corrected chi connectivity index (χ4v) is 4.90. The Morgan fingerprint density at radius 1 is 1.05 bits per heavy atom. The summed E-state index contributed by atoms with van der Waals surface area (Å²) in [6.07, 6.45) is 5.03. The topological polar surface area (TPSA) is 103 Å². The van der Waals surface area contributed by atoms with Gasteiger partial charge in [-0.3, -0.25) is 8.97 Å². The zero-order chi connectivity index (χ0) is 28.1. The summed E-state index contributed by atoms with van der Waals surface area (Å²) in [6, 6.07) is 7.49. The smallest absolute Gasteiger partial charge is 0.419 e. The van der Waals surface area contributed by atoms with Crippen molar-refractivity contribution in [3.05, 3.63) is 48.0 Å². The van der Waals surface area contributed by atoms with Gasteiger partial charge in [0.1, 0.15) is 22.0 Å². The van der Waals surface area contributed by atoms with Crippen LogP contribution in [-0.2, 0) is 9.47 Å². The number of hydrogen-bond acceptors (Lipinski definition) is 7. The summed E-state index contributed by atoms with van der Waals surface area (Å²) in [7, 11) is 0. The number of para-hydroxylation sites is 1. The Hall–Kier alpha value is -3.79. The first kappa shape index (κ1) is 26.8. The molecule has 1 saturated heterocycles. The molecule has 1 atom stereocenters. The van der Waals surface area contributed by atoms with Crippen LogP contribution in [0.15, 0.2) is 42.9 Å². The molecular weight excluding hydrogens is 520 g/mol. The quantitative estimate of drug-likeness (QED) is 0.322. The van der Waals surface area contributed by atoms with E-state index in [0.29, 0.717) is 46.5 Å². The van der Waals surface area contributed by atoms with E-state index in [4.69, 9.17) is 26.1 Å². The molecule has 1 amide bonds. The minimum absolute atomic E-state index is 0.0531. The molecule has 0 bridgehead atoms. The standard InChI is InChI=1S/C28H33ClN6O4/c1-27(2,3)38-25(36)33-13-11-17(15-33)31-23-24-30-12-14-34(24)22(29)21(32-23)19-16-35(26(37)39-28(4,5)6)20-10-8-7-9-18(19)20/h7-10,12,14,16-17H,11,13,15H2,1-6H3,(H,31,32)/t17-/m0/s1. The van der Waals surface area contributed by atoms with Gasteiger partial charge in [0.15, 0.2) is 11.5 Å². The van der Waals surface area contributed by atoms with Crippen molar-refractivity contribution < 1.29 is 19.1 Å². The number of carbonyl (C=O) groups is 2. The molecule has 39 heavy (non-hydrogen) atoms. The minimum Gasteiger partial charge on any atom is -0.444 e. The van der Waals surface area contributed by atoms with Gasteiger partial charge in [-0.15, -0.1) is 0 Å². The van der Waals surface area contributed by atoms with Gasteiger partial charge in [0.05, 0.1) is 5.52 Å². The van der Waals surface area contributed by atoms with E-state index in [1.54, 1.807) is 27.9 Å². The molecule has 0 radical (unpaired) electrons. The number of imidazole rings is 1. The molecule has 206 valence electrons. The molecule has 4 heterocycles. The van der Waals surface area contributed by atoms with Gasteiger partial charge in [-0.05, 0) is 54.0 Å². The number of likely N-dealkylation sites (tertiary alicyclic amines) is 1. The normalized spacial score (nSPS) is 16.2. The summed E-state index contributed by atoms with van der Waals surface area (Å²) in [5.74, 6) is 0.532. The van der Waals surface area contributed by atoms with Crippen molar-refractivity contribution in [1.29, 1.82) is 0 Å². The fraction of sp³-hybridized carbons (Fsp3) is 0.429. The number of amides is 1. The van der Waals surface area contributed by atoms with E-state index < -0.39 is 17.3 Å². The van der Waals surface area contributed by atoms with Crippen molar-refractivity contribution in [2.24, 2.45) is 0 Å². The van der Waals surface area contributed by atoms with Crippen LogP contribution in [0.5, 0.6) is 0 Å². The molecule has 0 aliphatic carbocycles. The molecule has 1 aliphatic heterocycles. The number of rotatable bonds is 3. The van der Waals surface area contributed by atoms with Crippen LogP contribution in [0.3, 0.4) is 0 Å². The van der Waals surface area contributed by atoms with Gasteiger partial charge in [0.2, 0.25) is 0 Å². The summed E-state index contributed by atoms with van der Waals surface area (Å²) >= 11 is 6.87. The number of benzene rings is 1. The molecule has 4 aromatic rings. The van der Waals surface area contributed by atoms with Crippen LogP contribution in [0, 0.1) is 0 Å². The van der Waals surface area contributed by atoms with Crippen LogP contribution in [0.4, 0.5) is 15.4 Å². The Labute approximate surface area is 231 Å². The maximum Gasteiger partial charge on any atom is 0.419 e. The first-order valence-corrected chi connectivity index (χ1v) is 13.3. The van der Waals surface area contributed by atoms with Crippen LogP contribution in [0.25, 0.3) is 27.8 Å². The number of aromatic nitrogens is 4. The highest BCUT2D eigenvalue weighted by atomic mass is 35.5. The maximum atomic E-state index is 13.1. The van der Waals surface area contributed by atoms with E-state index in [1.807, 2.05) is 65.8 Å². The van der Waals surface area contributed by atoms with E-state index in [1.165, 1.54) is 4.57 Å². The van der Waals surface area contributed by atoms with Crippen molar-refractivity contribution >= 4 is 46.2 Å². The second-order valence-corrected chi connectivity index (χ2v) is 12.0. The summed E-state index contributed by atoms with van der Waals surface area (Å²) in [5, 5.41) is 4.63. The molecule has 1 aliphatic rings. The predicted octanol–water partition coefficient (Wildman–Crippen LogP) is 6.21. The number of ether oxygens (including phenoxy) is 2. The average Bonchev–Trinajstić information content (AvgIpc) is 3.57. The first-order valence-electron chi connectivity index (χ1n) is 12.9. The van der Waals surface area contributed by atoms with Crippen molar-refractivity contribution in [2.75, 3.05) is 18.4 Å². The van der Waals surface area contributed by atoms with Crippen LogP contribution < -0.4 is 5.32 Å². The van der Waals surface area contributed by atoms with Gasteiger partial charge in [0, 0.05) is 48.7 Å². The summed E-state index contributed by atoms with van der Waals surface area (Å²) in [6.45, 7) is 12.1. The van der Waals surface area contributed by atoms with Crippen LogP contribution >= 0.6 is 11.6 Å². The monoisotopic (exact) mass is 552 g/mol. The zero-order valence-electron chi connectivity index (χ0n) is 23.0. The highest BCUT2D eigenvalue weighted by Gasteiger charge is 2.31. The van der Waals surface area contributed by atoms with E-state index >= 15 is 0 Å². The highest BCUT2D eigenvalue weighted by molar-refractivity contribution is 6.32. The van der Waals surface area contributed by atoms with Crippen molar-refractivity contribution in [2.45, 2.75) is 65.2 Å². The molecule has 1 N–H and O–H groups in total. The number of nitrogens with one attached hydrogen (secondary N) is 1. The molecule has 3 aromatic heterocycles. The van der Waals surface area contributed by atoms with Crippen LogP contribution in [0.2, 0.25) is 5.15 Å². The van der Waals surface area contributed by atoms with Gasteiger partial charge in [0.25, 0.3) is 0 Å². The van der Waals surface area contributed by atoms with Gasteiger partial charge < -0.3 is 19.7 Å². The number of hydrogen-bond donors (Lipinski definition) is 1. The Kier molecular flexibility index (Phi) is 6.70. The third-order valence-electron chi connectivity index (χ3n) is 6.22. The molecule has 0 spiro atoms. The number of carbonyl (C=O) groups excluding carboxylic acids is 2. The Morgan fingerprint density at radius 2 is 1.74 bits per heavy atom. The lowest BCUT2D eigenvalue weighted by Crippen LogP contribution is -2.36. The van der Waals surface area contributed by atoms with Gasteiger partial charge >= 0.3 is 12.2 Å². The Balaban J connectivity index is 1.51. The molecule has 0 saturated carbocycles. The highest BCUT2D eigenvalue weighted by Crippen LogP contribution is 2.36. The van der Waals surface area contributed by atoms with Gasteiger partial charge in [-0.2, -0.15) is 0 Å². The average molecular weight is 553 g/mol. The molecule has 1 aromatic carbocycles. The van der Waals surface area contributed by atoms with Crippen molar-refractivity contribution in [1.82, 2.24) is 23.8 Å². The second kappa shape index (κ2) is 9.75. The number of nitrogens with zero attached hydrogens (tertiary/aromatic N) is 5. The largest absolute Gasteiger partial charge is 0.444 e. The van der Waals surface area contributed by atoms with Crippen molar-refractivity contribution in [3.8, 4) is 11.3 Å². The van der Waals surface area contributed by atoms with Gasteiger partial charge in [-0.25, -0.2) is 19.6 Å². The summed E-state index contributed by atoms with van der Waals surface area (Å²) < 4.78 is 14.4. The van der Waals surface area contributed by atoms with E-state index in [2.05, 4.69) is 10.3 Å². The number of anilines is 1. The first-order chi connectivity index (χ1) is 18.3.